The first-order valence-electron chi connectivity index (χ1n) is 10.3. The number of hydrogen-bond donors (Lipinski definition) is 1. The Morgan fingerprint density at radius 3 is 2.75 bits per heavy atom. The van der Waals surface area contributed by atoms with Crippen LogP contribution in [0.4, 0.5) is 0 Å². The Balaban J connectivity index is 1.54. The quantitative estimate of drug-likeness (QED) is 0.633. The molecule has 0 bridgehead atoms. The molecule has 3 aromatic rings. The van der Waals surface area contributed by atoms with Crippen LogP contribution in [0.1, 0.15) is 12.0 Å². The maximum atomic E-state index is 11.8. The molecule has 0 radical (unpaired) electrons. The van der Waals surface area contributed by atoms with E-state index in [1.165, 1.54) is 4.57 Å². The SMILES string of the molecule is Cn1c(=O)oc2c(Cl)cc(-c3ccc(C[C@@H](C#N)N4CCCO[C@H](C(N)=O)C4)cc3)cc21. The van der Waals surface area contributed by atoms with E-state index >= 15 is 0 Å². The normalized spacial score (nSPS) is 18.2. The van der Waals surface area contributed by atoms with Crippen molar-refractivity contribution in [2.24, 2.45) is 12.8 Å². The van der Waals surface area contributed by atoms with Crippen LogP contribution >= 0.6 is 11.6 Å². The number of halogens is 1. The van der Waals surface area contributed by atoms with Crippen LogP contribution in [-0.4, -0.2) is 47.2 Å². The maximum Gasteiger partial charge on any atom is 0.419 e. The summed E-state index contributed by atoms with van der Waals surface area (Å²) in [6, 6.07) is 13.4. The van der Waals surface area contributed by atoms with Gasteiger partial charge < -0.3 is 14.9 Å². The molecule has 2 heterocycles. The number of aryl methyl sites for hydroxylation is 1. The number of oxazole rings is 1. The van der Waals surface area contributed by atoms with Crippen LogP contribution in [0.2, 0.25) is 5.02 Å². The van der Waals surface area contributed by atoms with E-state index in [9.17, 15) is 14.9 Å². The van der Waals surface area contributed by atoms with Gasteiger partial charge in [-0.25, -0.2) is 4.79 Å². The minimum absolute atomic E-state index is 0.313. The largest absolute Gasteiger partial charge is 0.419 e. The van der Waals surface area contributed by atoms with Crippen LogP contribution in [0, 0.1) is 11.3 Å². The molecular formula is C23H23ClN4O4. The third-order valence-electron chi connectivity index (χ3n) is 5.78. The Hall–Kier alpha value is -3.12. The summed E-state index contributed by atoms with van der Waals surface area (Å²) >= 11 is 6.32. The van der Waals surface area contributed by atoms with E-state index in [4.69, 9.17) is 26.5 Å². The van der Waals surface area contributed by atoms with Crippen molar-refractivity contribution in [2.45, 2.75) is 25.0 Å². The highest BCUT2D eigenvalue weighted by Crippen LogP contribution is 2.30. The second kappa shape index (κ2) is 9.17. The van der Waals surface area contributed by atoms with E-state index < -0.39 is 23.8 Å². The van der Waals surface area contributed by atoms with Crippen molar-refractivity contribution >= 4 is 28.6 Å². The summed E-state index contributed by atoms with van der Waals surface area (Å²) in [5.74, 6) is -0.974. The predicted octanol–water partition coefficient (Wildman–Crippen LogP) is 2.46. The third kappa shape index (κ3) is 4.41. The smallest absolute Gasteiger partial charge is 0.406 e. The fourth-order valence-corrected chi connectivity index (χ4v) is 4.22. The van der Waals surface area contributed by atoms with Crippen LogP contribution in [0.15, 0.2) is 45.6 Å². The molecule has 1 amide bonds. The Morgan fingerprint density at radius 1 is 1.31 bits per heavy atom. The molecule has 2 atom stereocenters. The number of hydrogen-bond acceptors (Lipinski definition) is 6. The zero-order chi connectivity index (χ0) is 22.8. The van der Waals surface area contributed by atoms with E-state index in [0.29, 0.717) is 42.2 Å². The van der Waals surface area contributed by atoms with Gasteiger partial charge in [0.25, 0.3) is 0 Å². The van der Waals surface area contributed by atoms with Crippen molar-refractivity contribution in [3.8, 4) is 17.2 Å². The Labute approximate surface area is 189 Å². The first-order valence-corrected chi connectivity index (χ1v) is 10.7. The number of carbonyl (C=O) groups is 1. The number of nitrogens with zero attached hydrogens (tertiary/aromatic N) is 3. The van der Waals surface area contributed by atoms with Crippen molar-refractivity contribution in [2.75, 3.05) is 19.7 Å². The van der Waals surface area contributed by atoms with Crippen LogP contribution in [0.3, 0.4) is 0 Å². The summed E-state index contributed by atoms with van der Waals surface area (Å²) in [6.07, 6.45) is 0.549. The summed E-state index contributed by atoms with van der Waals surface area (Å²) < 4.78 is 12.1. The van der Waals surface area contributed by atoms with Gasteiger partial charge in [-0.2, -0.15) is 5.26 Å². The number of amides is 1. The van der Waals surface area contributed by atoms with Crippen molar-refractivity contribution in [1.29, 1.82) is 5.26 Å². The predicted molar refractivity (Wildman–Crippen MR) is 120 cm³/mol. The third-order valence-corrected chi connectivity index (χ3v) is 6.06. The maximum absolute atomic E-state index is 11.8. The molecule has 8 nitrogen and oxygen atoms in total. The summed E-state index contributed by atoms with van der Waals surface area (Å²) in [5, 5.41) is 10.1. The van der Waals surface area contributed by atoms with E-state index in [0.717, 1.165) is 23.1 Å². The molecule has 0 aliphatic carbocycles. The first kappa shape index (κ1) is 22.1. The molecule has 2 aromatic carbocycles. The molecule has 166 valence electrons. The summed E-state index contributed by atoms with van der Waals surface area (Å²) in [7, 11) is 1.63. The van der Waals surface area contributed by atoms with Gasteiger partial charge in [-0.1, -0.05) is 35.9 Å². The summed E-state index contributed by atoms with van der Waals surface area (Å²) in [4.78, 5) is 25.3. The number of nitriles is 1. The van der Waals surface area contributed by atoms with Gasteiger partial charge in [0.2, 0.25) is 5.91 Å². The number of nitrogens with two attached hydrogens (primary N) is 1. The van der Waals surface area contributed by atoms with Gasteiger partial charge in [0.05, 0.1) is 16.6 Å². The average molecular weight is 455 g/mol. The van der Waals surface area contributed by atoms with Crippen LogP contribution in [0.5, 0.6) is 0 Å². The number of rotatable bonds is 5. The Kier molecular flexibility index (Phi) is 6.33. The van der Waals surface area contributed by atoms with Gasteiger partial charge in [0.1, 0.15) is 12.1 Å². The molecule has 0 saturated carbocycles. The molecule has 0 unspecified atom stereocenters. The number of carbonyl (C=O) groups excluding carboxylic acids is 1. The lowest BCUT2D eigenvalue weighted by Crippen LogP contribution is -2.44. The molecule has 9 heteroatoms. The summed E-state index contributed by atoms with van der Waals surface area (Å²) in [5.41, 5.74) is 9.18. The lowest BCUT2D eigenvalue weighted by Gasteiger charge is -2.27. The van der Waals surface area contributed by atoms with E-state index in [1.54, 1.807) is 13.1 Å². The van der Waals surface area contributed by atoms with E-state index in [2.05, 4.69) is 6.07 Å². The van der Waals surface area contributed by atoms with Crippen LogP contribution in [-0.2, 0) is 23.0 Å². The molecule has 1 aromatic heterocycles. The highest BCUT2D eigenvalue weighted by Gasteiger charge is 2.28. The molecule has 1 saturated heterocycles. The molecule has 0 spiro atoms. The zero-order valence-electron chi connectivity index (χ0n) is 17.6. The minimum atomic E-state index is -0.700. The van der Waals surface area contributed by atoms with Crippen molar-refractivity contribution in [3.05, 3.63) is 57.5 Å². The lowest BCUT2D eigenvalue weighted by atomic mass is 10.00. The molecule has 32 heavy (non-hydrogen) atoms. The second-order valence-corrected chi connectivity index (χ2v) is 8.30. The van der Waals surface area contributed by atoms with Gasteiger partial charge in [-0.15, -0.1) is 0 Å². The Morgan fingerprint density at radius 2 is 2.06 bits per heavy atom. The van der Waals surface area contributed by atoms with Gasteiger partial charge in [0.15, 0.2) is 5.58 Å². The standard InChI is InChI=1S/C23H23ClN4O4/c1-27-19-11-16(10-18(24)21(19)32-23(27)30)15-5-3-14(4-6-15)9-17(12-25)28-7-2-8-31-20(13-28)22(26)29/h3-6,10-11,17,20H,2,7-9,13H2,1H3,(H2,26,29)/t17-,20-/m0/s1. The van der Waals surface area contributed by atoms with Gasteiger partial charge in [-0.05, 0) is 35.2 Å². The Bertz CT molecular complexity index is 1240. The highest BCUT2D eigenvalue weighted by molar-refractivity contribution is 6.35. The van der Waals surface area contributed by atoms with E-state index in [-0.39, 0.29) is 0 Å². The topological polar surface area (TPSA) is 114 Å². The van der Waals surface area contributed by atoms with Gasteiger partial charge >= 0.3 is 5.76 Å². The van der Waals surface area contributed by atoms with E-state index in [1.807, 2.05) is 35.2 Å². The monoisotopic (exact) mass is 454 g/mol. The molecule has 2 N–H and O–H groups in total. The molecule has 1 aliphatic heterocycles. The second-order valence-electron chi connectivity index (χ2n) is 7.89. The van der Waals surface area contributed by atoms with Gasteiger partial charge in [-0.3, -0.25) is 14.3 Å². The minimum Gasteiger partial charge on any atom is -0.406 e. The fraction of sp³-hybridized carbons (Fsp3) is 0.348. The van der Waals surface area contributed by atoms with Crippen LogP contribution in [0.25, 0.3) is 22.2 Å². The molecule has 4 rings (SSSR count). The van der Waals surface area contributed by atoms with Crippen LogP contribution < -0.4 is 11.5 Å². The fourth-order valence-electron chi connectivity index (χ4n) is 3.97. The lowest BCUT2D eigenvalue weighted by molar-refractivity contribution is -0.129. The van der Waals surface area contributed by atoms with Gasteiger partial charge in [0, 0.05) is 33.2 Å². The summed E-state index contributed by atoms with van der Waals surface area (Å²) in [6.45, 7) is 1.43. The first-order chi connectivity index (χ1) is 15.4. The van der Waals surface area contributed by atoms with Crippen molar-refractivity contribution in [1.82, 2.24) is 9.47 Å². The highest BCUT2D eigenvalue weighted by atomic mass is 35.5. The van der Waals surface area contributed by atoms with Crippen molar-refractivity contribution in [3.63, 3.8) is 0 Å². The molecular weight excluding hydrogens is 432 g/mol. The zero-order valence-corrected chi connectivity index (χ0v) is 18.3. The number of benzene rings is 2. The number of aromatic nitrogens is 1. The molecule has 1 aliphatic rings. The number of ether oxygens (including phenoxy) is 1. The molecule has 1 fully saturated rings. The number of primary amides is 1. The van der Waals surface area contributed by atoms with Crippen molar-refractivity contribution < 1.29 is 13.9 Å². The number of fused-ring (bicyclic) bond motifs is 1. The average Bonchev–Trinajstić information content (AvgIpc) is 2.96.